The Bertz CT molecular complexity index is 474. The first kappa shape index (κ1) is 15.7. The Kier molecular flexibility index (Phi) is 6.02. The van der Waals surface area contributed by atoms with Crippen LogP contribution >= 0.6 is 15.9 Å². The van der Waals surface area contributed by atoms with Crippen molar-refractivity contribution in [1.82, 2.24) is 5.32 Å². The molecule has 1 amide bonds. The number of carboxylic acids is 1. The third kappa shape index (κ3) is 5.42. The predicted molar refractivity (Wildman–Crippen MR) is 77.0 cm³/mol. The molecule has 0 saturated carbocycles. The van der Waals surface area contributed by atoms with E-state index in [1.54, 1.807) is 6.92 Å². The SMILES string of the molecule is Cc1ccc(Br)cc1CCNC(=O)C(C)CC(=O)O. The van der Waals surface area contributed by atoms with Gasteiger partial charge in [0.15, 0.2) is 0 Å². The quantitative estimate of drug-likeness (QED) is 0.843. The van der Waals surface area contributed by atoms with Gasteiger partial charge in [0.25, 0.3) is 0 Å². The zero-order chi connectivity index (χ0) is 14.4. The van der Waals surface area contributed by atoms with Crippen LogP contribution in [0.25, 0.3) is 0 Å². The highest BCUT2D eigenvalue weighted by Gasteiger charge is 2.15. The van der Waals surface area contributed by atoms with Crippen LogP contribution in [0.3, 0.4) is 0 Å². The van der Waals surface area contributed by atoms with Gasteiger partial charge in [-0.3, -0.25) is 9.59 Å². The summed E-state index contributed by atoms with van der Waals surface area (Å²) in [5, 5.41) is 11.4. The van der Waals surface area contributed by atoms with Gasteiger partial charge in [0.2, 0.25) is 5.91 Å². The lowest BCUT2D eigenvalue weighted by molar-refractivity contribution is -0.140. The Morgan fingerprint density at radius 1 is 1.42 bits per heavy atom. The van der Waals surface area contributed by atoms with Crippen LogP contribution in [-0.4, -0.2) is 23.5 Å². The van der Waals surface area contributed by atoms with Crippen molar-refractivity contribution in [3.63, 3.8) is 0 Å². The van der Waals surface area contributed by atoms with E-state index in [2.05, 4.69) is 21.2 Å². The average Bonchev–Trinajstić information content (AvgIpc) is 2.32. The van der Waals surface area contributed by atoms with Gasteiger partial charge in [-0.05, 0) is 36.6 Å². The summed E-state index contributed by atoms with van der Waals surface area (Å²) in [6.07, 6.45) is 0.596. The molecule has 19 heavy (non-hydrogen) atoms. The van der Waals surface area contributed by atoms with E-state index in [0.717, 1.165) is 10.9 Å². The lowest BCUT2D eigenvalue weighted by atomic mass is 10.1. The van der Waals surface area contributed by atoms with Gasteiger partial charge >= 0.3 is 5.97 Å². The van der Waals surface area contributed by atoms with E-state index >= 15 is 0 Å². The molecule has 0 spiro atoms. The molecular formula is C14H18BrNO3. The standard InChI is InChI=1S/C14H18BrNO3/c1-9-3-4-12(15)8-11(9)5-6-16-14(19)10(2)7-13(17)18/h3-4,8,10H,5-7H2,1-2H3,(H,16,19)(H,17,18). The van der Waals surface area contributed by atoms with Crippen molar-refractivity contribution in [2.75, 3.05) is 6.54 Å². The lowest BCUT2D eigenvalue weighted by Gasteiger charge is -2.11. The first-order valence-electron chi connectivity index (χ1n) is 6.14. The Balaban J connectivity index is 2.43. The normalized spacial score (nSPS) is 11.9. The Hall–Kier alpha value is -1.36. The van der Waals surface area contributed by atoms with Gasteiger partial charge in [-0.15, -0.1) is 0 Å². The number of carboxylic acid groups (broad SMARTS) is 1. The van der Waals surface area contributed by atoms with Crippen molar-refractivity contribution in [3.8, 4) is 0 Å². The lowest BCUT2D eigenvalue weighted by Crippen LogP contribution is -2.32. The van der Waals surface area contributed by atoms with E-state index in [-0.39, 0.29) is 12.3 Å². The number of halogens is 1. The van der Waals surface area contributed by atoms with Gasteiger partial charge in [0.1, 0.15) is 0 Å². The summed E-state index contributed by atoms with van der Waals surface area (Å²) in [7, 11) is 0. The Labute approximate surface area is 121 Å². The van der Waals surface area contributed by atoms with Crippen LogP contribution in [0.5, 0.6) is 0 Å². The van der Waals surface area contributed by atoms with Crippen molar-refractivity contribution >= 4 is 27.8 Å². The molecule has 104 valence electrons. The van der Waals surface area contributed by atoms with Gasteiger partial charge in [0.05, 0.1) is 6.42 Å². The maximum absolute atomic E-state index is 11.6. The molecule has 1 aromatic rings. The number of carbonyl (C=O) groups is 2. The van der Waals surface area contributed by atoms with Gasteiger partial charge < -0.3 is 10.4 Å². The van der Waals surface area contributed by atoms with Crippen LogP contribution in [0.4, 0.5) is 0 Å². The third-order valence-electron chi connectivity index (χ3n) is 2.93. The maximum Gasteiger partial charge on any atom is 0.304 e. The number of nitrogens with one attached hydrogen (secondary N) is 1. The highest BCUT2D eigenvalue weighted by Crippen LogP contribution is 2.16. The van der Waals surface area contributed by atoms with E-state index in [1.165, 1.54) is 11.1 Å². The number of rotatable bonds is 6. The van der Waals surface area contributed by atoms with Gasteiger partial charge in [-0.1, -0.05) is 28.9 Å². The van der Waals surface area contributed by atoms with E-state index in [1.807, 2.05) is 25.1 Å². The second-order valence-corrected chi connectivity index (χ2v) is 5.53. The molecule has 1 unspecified atom stereocenters. The molecule has 0 heterocycles. The average molecular weight is 328 g/mol. The topological polar surface area (TPSA) is 66.4 Å². The van der Waals surface area contributed by atoms with Crippen molar-refractivity contribution in [3.05, 3.63) is 33.8 Å². The molecule has 0 fully saturated rings. The van der Waals surface area contributed by atoms with Gasteiger partial charge in [0, 0.05) is 16.9 Å². The van der Waals surface area contributed by atoms with E-state index in [4.69, 9.17) is 5.11 Å². The number of amides is 1. The maximum atomic E-state index is 11.6. The zero-order valence-electron chi connectivity index (χ0n) is 11.1. The summed E-state index contributed by atoms with van der Waals surface area (Å²) < 4.78 is 1.01. The number of benzene rings is 1. The molecule has 1 rings (SSSR count). The van der Waals surface area contributed by atoms with Crippen molar-refractivity contribution in [2.45, 2.75) is 26.7 Å². The molecule has 0 radical (unpaired) electrons. The molecule has 1 aromatic carbocycles. The number of carbonyl (C=O) groups excluding carboxylic acids is 1. The van der Waals surface area contributed by atoms with Crippen LogP contribution in [0.15, 0.2) is 22.7 Å². The van der Waals surface area contributed by atoms with Crippen molar-refractivity contribution in [2.24, 2.45) is 5.92 Å². The van der Waals surface area contributed by atoms with Gasteiger partial charge in [-0.25, -0.2) is 0 Å². The monoisotopic (exact) mass is 327 g/mol. The van der Waals surface area contributed by atoms with Crippen LogP contribution in [0, 0.1) is 12.8 Å². The molecular weight excluding hydrogens is 310 g/mol. The fourth-order valence-electron chi connectivity index (χ4n) is 1.76. The largest absolute Gasteiger partial charge is 0.481 e. The van der Waals surface area contributed by atoms with Crippen molar-refractivity contribution < 1.29 is 14.7 Å². The van der Waals surface area contributed by atoms with E-state index in [9.17, 15) is 9.59 Å². The van der Waals surface area contributed by atoms with Crippen molar-refractivity contribution in [1.29, 1.82) is 0 Å². The first-order chi connectivity index (χ1) is 8.90. The molecule has 0 aromatic heterocycles. The fourth-order valence-corrected chi connectivity index (χ4v) is 2.17. The summed E-state index contributed by atoms with van der Waals surface area (Å²) in [4.78, 5) is 22.1. The molecule has 0 saturated heterocycles. The fraction of sp³-hybridized carbons (Fsp3) is 0.429. The van der Waals surface area contributed by atoms with Crippen LogP contribution < -0.4 is 5.32 Å². The van der Waals surface area contributed by atoms with Crippen LogP contribution in [-0.2, 0) is 16.0 Å². The smallest absolute Gasteiger partial charge is 0.304 e. The number of aryl methyl sites for hydroxylation is 1. The van der Waals surface area contributed by atoms with Crippen LogP contribution in [0.2, 0.25) is 0 Å². The molecule has 0 aliphatic heterocycles. The second-order valence-electron chi connectivity index (χ2n) is 4.61. The molecule has 2 N–H and O–H groups in total. The number of aliphatic carboxylic acids is 1. The molecule has 0 bridgehead atoms. The third-order valence-corrected chi connectivity index (χ3v) is 3.43. The summed E-state index contributed by atoms with van der Waals surface area (Å²) in [6, 6.07) is 6.03. The molecule has 4 nitrogen and oxygen atoms in total. The van der Waals surface area contributed by atoms with E-state index in [0.29, 0.717) is 6.54 Å². The van der Waals surface area contributed by atoms with Crippen LogP contribution in [0.1, 0.15) is 24.5 Å². The Morgan fingerprint density at radius 2 is 2.11 bits per heavy atom. The highest BCUT2D eigenvalue weighted by molar-refractivity contribution is 9.10. The van der Waals surface area contributed by atoms with E-state index < -0.39 is 11.9 Å². The zero-order valence-corrected chi connectivity index (χ0v) is 12.7. The summed E-state index contributed by atoms with van der Waals surface area (Å²) in [5.41, 5.74) is 2.34. The minimum atomic E-state index is -0.953. The molecule has 5 heteroatoms. The van der Waals surface area contributed by atoms with Gasteiger partial charge in [-0.2, -0.15) is 0 Å². The summed E-state index contributed by atoms with van der Waals surface area (Å²) in [6.45, 7) is 4.16. The summed E-state index contributed by atoms with van der Waals surface area (Å²) in [5.74, 6) is -1.67. The second kappa shape index (κ2) is 7.28. The summed E-state index contributed by atoms with van der Waals surface area (Å²) >= 11 is 3.41. The predicted octanol–water partition coefficient (Wildman–Crippen LogP) is 2.53. The highest BCUT2D eigenvalue weighted by atomic mass is 79.9. The first-order valence-corrected chi connectivity index (χ1v) is 6.94. The Morgan fingerprint density at radius 3 is 2.74 bits per heavy atom. The number of hydrogen-bond donors (Lipinski definition) is 2. The molecule has 0 aliphatic rings. The molecule has 1 atom stereocenters. The minimum absolute atomic E-state index is 0.137. The number of hydrogen-bond acceptors (Lipinski definition) is 2. The molecule has 0 aliphatic carbocycles. The minimum Gasteiger partial charge on any atom is -0.481 e.